The number of aromatic nitrogens is 1. The van der Waals surface area contributed by atoms with Crippen LogP contribution in [0.4, 0.5) is 5.82 Å². The van der Waals surface area contributed by atoms with Crippen LogP contribution < -0.4 is 38.1 Å². The second kappa shape index (κ2) is 20.8. The predicted octanol–water partition coefficient (Wildman–Crippen LogP) is 0.375. The average Bonchev–Trinajstić information content (AvgIpc) is 3.12. The number of aliphatic imine (C=N–C) groups is 1. The number of benzene rings is 2. The van der Waals surface area contributed by atoms with Crippen LogP contribution in [0.1, 0.15) is 30.9 Å². The van der Waals surface area contributed by atoms with Crippen molar-refractivity contribution in [1.29, 1.82) is 0 Å². The zero-order valence-electron chi connectivity index (χ0n) is 28.2. The van der Waals surface area contributed by atoms with Crippen LogP contribution in [0.3, 0.4) is 0 Å². The zero-order valence-corrected chi connectivity index (χ0v) is 29.1. The molecule has 2 aromatic carbocycles. The fourth-order valence-corrected chi connectivity index (χ4v) is 5.18. The summed E-state index contributed by atoms with van der Waals surface area (Å²) in [6.45, 7) is 1.78. The number of thiol groups is 1. The molecule has 4 amide bonds. The van der Waals surface area contributed by atoms with Crippen molar-refractivity contribution in [2.75, 3.05) is 17.6 Å². The molecule has 0 unspecified atom stereocenters. The third-order valence-electron chi connectivity index (χ3n) is 7.63. The molecular formula is C35H45N9O6S. The van der Waals surface area contributed by atoms with Gasteiger partial charge in [0.1, 0.15) is 36.0 Å². The minimum atomic E-state index is -1.28. The topological polar surface area (TPSA) is 243 Å². The molecule has 5 atom stereocenters. The van der Waals surface area contributed by atoms with E-state index < -0.39 is 59.8 Å². The summed E-state index contributed by atoms with van der Waals surface area (Å²) in [5.74, 6) is -3.60. The van der Waals surface area contributed by atoms with Crippen LogP contribution in [-0.2, 0) is 36.8 Å². The van der Waals surface area contributed by atoms with Crippen molar-refractivity contribution in [2.24, 2.45) is 16.5 Å². The van der Waals surface area contributed by atoms with Crippen molar-refractivity contribution in [2.45, 2.75) is 62.8 Å². The predicted molar refractivity (Wildman–Crippen MR) is 197 cm³/mol. The molecule has 3 rings (SSSR count). The molecule has 0 aliphatic rings. The van der Waals surface area contributed by atoms with E-state index in [1.807, 2.05) is 0 Å². The molecule has 1 heterocycles. The summed E-state index contributed by atoms with van der Waals surface area (Å²) in [6.07, 6.45) is 1.96. The highest BCUT2D eigenvalue weighted by Gasteiger charge is 2.32. The maximum absolute atomic E-state index is 13.9. The number of aliphatic carboxylic acids is 1. The van der Waals surface area contributed by atoms with Crippen LogP contribution in [0.25, 0.3) is 0 Å². The summed E-state index contributed by atoms with van der Waals surface area (Å²) in [4.78, 5) is 74.1. The van der Waals surface area contributed by atoms with Crippen LogP contribution in [-0.4, -0.2) is 88.2 Å². The van der Waals surface area contributed by atoms with Crippen molar-refractivity contribution in [3.8, 4) is 0 Å². The maximum atomic E-state index is 13.9. The molecule has 1 aromatic heterocycles. The molecule has 3 aromatic rings. The van der Waals surface area contributed by atoms with Crippen LogP contribution in [0.2, 0.25) is 0 Å². The summed E-state index contributed by atoms with van der Waals surface area (Å²) in [6, 6.07) is 17.4. The molecule has 0 spiro atoms. The number of carboxylic acid groups (broad SMARTS) is 1. The van der Waals surface area contributed by atoms with Gasteiger partial charge in [-0.3, -0.25) is 24.2 Å². The number of rotatable bonds is 20. The molecule has 0 radical (unpaired) electrons. The van der Waals surface area contributed by atoms with E-state index in [1.165, 1.54) is 0 Å². The first-order chi connectivity index (χ1) is 24.5. The van der Waals surface area contributed by atoms with Gasteiger partial charge in [-0.2, -0.15) is 12.6 Å². The van der Waals surface area contributed by atoms with Crippen molar-refractivity contribution in [1.82, 2.24) is 26.3 Å². The van der Waals surface area contributed by atoms with Crippen molar-refractivity contribution < 1.29 is 29.1 Å². The van der Waals surface area contributed by atoms with E-state index in [4.69, 9.17) is 11.5 Å². The summed E-state index contributed by atoms with van der Waals surface area (Å²) in [5.41, 5.74) is 12.1. The molecule has 0 aliphatic carbocycles. The third-order valence-corrected chi connectivity index (χ3v) is 7.99. The average molecular weight is 720 g/mol. The molecule has 0 saturated heterocycles. The van der Waals surface area contributed by atoms with Crippen LogP contribution in [0, 0.1) is 0 Å². The standard InChI is InChI=1S/C35H45N9O6S/c1-22(40-29-16-8-9-17-38-29)30(45)44-28(21-51)33(48)43-27(20-24-13-6-3-7-14-24)32(47)42-26(19-23-11-4-2-5-12-23)31(46)41-25(34(49)50)15-10-18-39-35(36)37/h2-9,11-14,16-17,22,25-28,51H,10,15,18-21H2,1H3,(H,38,40)(H,41,46)(H,42,47)(H,43,48)(H,44,45)(H,49,50)(H4,36,37,39)/t22-,25+,26+,27+,28-/m1/s1. The number of nitrogens with one attached hydrogen (secondary N) is 5. The number of nitrogens with zero attached hydrogens (tertiary/aromatic N) is 2. The minimum Gasteiger partial charge on any atom is -0.480 e. The van der Waals surface area contributed by atoms with E-state index >= 15 is 0 Å². The lowest BCUT2D eigenvalue weighted by atomic mass is 10.0. The van der Waals surface area contributed by atoms with Gasteiger partial charge in [0.2, 0.25) is 23.6 Å². The Morgan fingerprint density at radius 3 is 1.69 bits per heavy atom. The number of guanidine groups is 1. The van der Waals surface area contributed by atoms with Crippen molar-refractivity contribution >= 4 is 54.0 Å². The highest BCUT2D eigenvalue weighted by atomic mass is 32.1. The lowest BCUT2D eigenvalue weighted by Crippen LogP contribution is -2.59. The fraction of sp³-hybridized carbons (Fsp3) is 0.343. The second-order valence-electron chi connectivity index (χ2n) is 11.7. The lowest BCUT2D eigenvalue weighted by molar-refractivity contribution is -0.142. The largest absolute Gasteiger partial charge is 0.480 e. The molecule has 0 fully saturated rings. The quantitative estimate of drug-likeness (QED) is 0.0336. The molecule has 10 N–H and O–H groups in total. The Morgan fingerprint density at radius 1 is 0.725 bits per heavy atom. The van der Waals surface area contributed by atoms with Crippen LogP contribution in [0.5, 0.6) is 0 Å². The summed E-state index contributed by atoms with van der Waals surface area (Å²) in [7, 11) is 0. The maximum Gasteiger partial charge on any atom is 0.326 e. The molecule has 15 nitrogen and oxygen atoms in total. The van der Waals surface area contributed by atoms with Gasteiger partial charge in [0.05, 0.1) is 0 Å². The summed E-state index contributed by atoms with van der Waals surface area (Å²) < 4.78 is 0. The van der Waals surface area contributed by atoms with Crippen molar-refractivity contribution in [3.63, 3.8) is 0 Å². The first-order valence-corrected chi connectivity index (χ1v) is 17.0. The Kier molecular flexibility index (Phi) is 16.2. The minimum absolute atomic E-state index is 0.0290. The van der Waals surface area contributed by atoms with E-state index in [9.17, 15) is 29.1 Å². The molecule has 0 aliphatic heterocycles. The first-order valence-electron chi connectivity index (χ1n) is 16.3. The number of hydrogen-bond acceptors (Lipinski definition) is 9. The number of hydrogen-bond donors (Lipinski definition) is 9. The summed E-state index contributed by atoms with van der Waals surface area (Å²) >= 11 is 4.27. The van der Waals surface area contributed by atoms with Gasteiger partial charge < -0.3 is 43.2 Å². The van der Waals surface area contributed by atoms with Gasteiger partial charge in [-0.1, -0.05) is 66.7 Å². The Bertz CT molecular complexity index is 1610. The van der Waals surface area contributed by atoms with Gasteiger partial charge in [0, 0.05) is 31.3 Å². The Balaban J connectivity index is 1.79. The van der Waals surface area contributed by atoms with E-state index in [0.717, 1.165) is 0 Å². The molecule has 51 heavy (non-hydrogen) atoms. The van der Waals surface area contributed by atoms with Crippen molar-refractivity contribution in [3.05, 3.63) is 96.2 Å². The molecule has 16 heteroatoms. The third kappa shape index (κ3) is 14.0. The zero-order chi connectivity index (χ0) is 37.2. The molecule has 0 bridgehead atoms. The van der Waals surface area contributed by atoms with Crippen LogP contribution in [0.15, 0.2) is 90.1 Å². The fourth-order valence-electron chi connectivity index (χ4n) is 4.92. The monoisotopic (exact) mass is 719 g/mol. The van der Waals surface area contributed by atoms with E-state index in [1.54, 1.807) is 92.0 Å². The van der Waals surface area contributed by atoms with E-state index in [0.29, 0.717) is 16.9 Å². The number of carboxylic acids is 1. The van der Waals surface area contributed by atoms with E-state index in [-0.39, 0.29) is 43.9 Å². The van der Waals surface area contributed by atoms with Gasteiger partial charge >= 0.3 is 5.97 Å². The highest BCUT2D eigenvalue weighted by molar-refractivity contribution is 7.80. The van der Waals surface area contributed by atoms with Gasteiger partial charge in [-0.15, -0.1) is 0 Å². The smallest absolute Gasteiger partial charge is 0.326 e. The van der Waals surface area contributed by atoms with Gasteiger partial charge in [0.25, 0.3) is 0 Å². The second-order valence-corrected chi connectivity index (χ2v) is 12.0. The number of anilines is 1. The molecule has 0 saturated carbocycles. The SMILES string of the molecule is C[C@@H](Nc1ccccn1)C(=O)N[C@H](CS)C(=O)N[C@@H](Cc1ccccc1)C(=O)N[C@@H](Cc1ccccc1)C(=O)N[C@@H](CCCN=C(N)N)C(=O)O. The summed E-state index contributed by atoms with van der Waals surface area (Å²) in [5, 5.41) is 23.4. The number of nitrogens with two attached hydrogens (primary N) is 2. The Hall–Kier alpha value is -5.64. The molecule has 272 valence electrons. The number of carbonyl (C=O) groups excluding carboxylic acids is 4. The number of pyridine rings is 1. The normalized spacial score (nSPS) is 13.6. The number of carbonyl (C=O) groups is 5. The van der Waals surface area contributed by atoms with Gasteiger partial charge in [-0.25, -0.2) is 9.78 Å². The van der Waals surface area contributed by atoms with Gasteiger partial charge in [-0.05, 0) is 43.0 Å². The van der Waals surface area contributed by atoms with Gasteiger partial charge in [0.15, 0.2) is 5.96 Å². The molecular weight excluding hydrogens is 675 g/mol. The van der Waals surface area contributed by atoms with E-state index in [2.05, 4.69) is 49.2 Å². The lowest BCUT2D eigenvalue weighted by Gasteiger charge is -2.26. The Labute approximate surface area is 301 Å². The Morgan fingerprint density at radius 2 is 1.22 bits per heavy atom. The number of amides is 4. The first kappa shape index (κ1) is 39.8. The highest BCUT2D eigenvalue weighted by Crippen LogP contribution is 2.09. The van der Waals surface area contributed by atoms with Crippen LogP contribution >= 0.6 is 12.6 Å².